The van der Waals surface area contributed by atoms with Gasteiger partial charge in [-0.05, 0) is 67.1 Å². The van der Waals surface area contributed by atoms with E-state index in [9.17, 15) is 4.79 Å². The molecule has 0 unspecified atom stereocenters. The molecule has 140 valence electrons. The van der Waals surface area contributed by atoms with Crippen LogP contribution in [0.15, 0.2) is 70.1 Å². The van der Waals surface area contributed by atoms with E-state index in [1.54, 1.807) is 6.20 Å². The lowest BCUT2D eigenvalue weighted by atomic mass is 10.1. The van der Waals surface area contributed by atoms with Gasteiger partial charge >= 0.3 is 0 Å². The summed E-state index contributed by atoms with van der Waals surface area (Å²) in [5, 5.41) is 3.63. The van der Waals surface area contributed by atoms with E-state index >= 15 is 0 Å². The molecule has 0 atom stereocenters. The number of aryl methyl sites for hydroxylation is 1. The summed E-state index contributed by atoms with van der Waals surface area (Å²) in [5.41, 5.74) is 3.75. The number of hydrogen-bond donors (Lipinski definition) is 1. The minimum Gasteiger partial charge on any atom is -0.434 e. The number of hydrogen-bond acceptors (Lipinski definition) is 5. The topological polar surface area (TPSA) is 68.0 Å². The molecule has 2 heterocycles. The third-order valence-corrected chi connectivity index (χ3v) is 5.36. The van der Waals surface area contributed by atoms with Crippen molar-refractivity contribution < 1.29 is 9.21 Å². The molecule has 0 bridgehead atoms. The van der Waals surface area contributed by atoms with Crippen LogP contribution in [-0.2, 0) is 4.79 Å². The maximum Gasteiger partial charge on any atom is 0.234 e. The van der Waals surface area contributed by atoms with Gasteiger partial charge in [-0.2, -0.15) is 4.98 Å². The second kappa shape index (κ2) is 8.04. The van der Waals surface area contributed by atoms with E-state index in [1.807, 2.05) is 61.5 Å². The number of aromatic nitrogens is 2. The molecule has 0 saturated heterocycles. The van der Waals surface area contributed by atoms with Gasteiger partial charge in [0.25, 0.3) is 0 Å². The Morgan fingerprint density at radius 2 is 2.00 bits per heavy atom. The van der Waals surface area contributed by atoms with E-state index in [2.05, 4.69) is 15.3 Å². The molecule has 0 aliphatic carbocycles. The zero-order valence-corrected chi connectivity index (χ0v) is 16.6. The van der Waals surface area contributed by atoms with Gasteiger partial charge in [0.2, 0.25) is 11.8 Å². The predicted molar refractivity (Wildman–Crippen MR) is 113 cm³/mol. The van der Waals surface area contributed by atoms with E-state index < -0.39 is 0 Å². The minimum absolute atomic E-state index is 0.0677. The van der Waals surface area contributed by atoms with Gasteiger partial charge in [-0.15, -0.1) is 11.8 Å². The highest BCUT2D eigenvalue weighted by Crippen LogP contribution is 2.27. The van der Waals surface area contributed by atoms with Crippen LogP contribution in [0.3, 0.4) is 0 Å². The Kier molecular flexibility index (Phi) is 5.32. The highest BCUT2D eigenvalue weighted by molar-refractivity contribution is 8.00. The average Bonchev–Trinajstić information content (AvgIpc) is 3.13. The van der Waals surface area contributed by atoms with Gasteiger partial charge in [0, 0.05) is 27.4 Å². The predicted octanol–water partition coefficient (Wildman–Crippen LogP) is 5.58. The summed E-state index contributed by atoms with van der Waals surface area (Å²) in [4.78, 5) is 21.9. The molecule has 4 aromatic rings. The van der Waals surface area contributed by atoms with Crippen molar-refractivity contribution in [1.29, 1.82) is 0 Å². The molecule has 0 spiro atoms. The van der Waals surface area contributed by atoms with Crippen LogP contribution in [0.5, 0.6) is 0 Å². The summed E-state index contributed by atoms with van der Waals surface area (Å²) >= 11 is 7.34. The van der Waals surface area contributed by atoms with Crippen LogP contribution in [0.25, 0.3) is 22.7 Å². The number of nitrogens with zero attached hydrogens (tertiary/aromatic N) is 2. The van der Waals surface area contributed by atoms with Crippen molar-refractivity contribution in [2.45, 2.75) is 11.8 Å². The van der Waals surface area contributed by atoms with E-state index in [-0.39, 0.29) is 5.91 Å². The molecule has 2 aromatic heterocycles. The van der Waals surface area contributed by atoms with Crippen molar-refractivity contribution in [3.05, 3.63) is 71.4 Å². The highest BCUT2D eigenvalue weighted by Gasteiger charge is 2.11. The van der Waals surface area contributed by atoms with Gasteiger partial charge in [0.05, 0.1) is 5.75 Å². The lowest BCUT2D eigenvalue weighted by Gasteiger charge is -2.09. The Hall–Kier alpha value is -2.83. The van der Waals surface area contributed by atoms with E-state index in [0.717, 1.165) is 21.7 Å². The molecule has 0 saturated carbocycles. The maximum atomic E-state index is 12.3. The molecule has 0 fully saturated rings. The van der Waals surface area contributed by atoms with Crippen LogP contribution in [0.1, 0.15) is 5.56 Å². The summed E-state index contributed by atoms with van der Waals surface area (Å²) in [7, 11) is 0. The number of carbonyl (C=O) groups excluding carboxylic acids is 1. The second-order valence-corrected chi connectivity index (χ2v) is 7.65. The summed E-state index contributed by atoms with van der Waals surface area (Å²) in [6, 6.07) is 16.7. The molecule has 0 radical (unpaired) electrons. The number of benzene rings is 2. The van der Waals surface area contributed by atoms with Gasteiger partial charge in [-0.25, -0.2) is 4.98 Å². The fourth-order valence-corrected chi connectivity index (χ4v) is 3.52. The van der Waals surface area contributed by atoms with Crippen molar-refractivity contribution >= 4 is 46.2 Å². The van der Waals surface area contributed by atoms with Crippen molar-refractivity contribution in [1.82, 2.24) is 9.97 Å². The number of fused-ring (bicyclic) bond motifs is 1. The molecule has 7 heteroatoms. The molecule has 28 heavy (non-hydrogen) atoms. The van der Waals surface area contributed by atoms with Gasteiger partial charge < -0.3 is 9.73 Å². The number of amides is 1. The molecule has 0 aliphatic rings. The fourth-order valence-electron chi connectivity index (χ4n) is 2.70. The summed E-state index contributed by atoms with van der Waals surface area (Å²) in [6.07, 6.45) is 1.68. The third-order valence-electron chi connectivity index (χ3n) is 4.10. The zero-order valence-electron chi connectivity index (χ0n) is 15.0. The second-order valence-electron chi connectivity index (χ2n) is 6.16. The van der Waals surface area contributed by atoms with Gasteiger partial charge in [-0.3, -0.25) is 4.79 Å². The smallest absolute Gasteiger partial charge is 0.234 e. The van der Waals surface area contributed by atoms with Gasteiger partial charge in [-0.1, -0.05) is 11.6 Å². The fraction of sp³-hybridized carbons (Fsp3) is 0.0952. The largest absolute Gasteiger partial charge is 0.434 e. The van der Waals surface area contributed by atoms with Crippen LogP contribution in [0.2, 0.25) is 5.02 Å². The minimum atomic E-state index is -0.0677. The molecular weight excluding hydrogens is 394 g/mol. The number of rotatable bonds is 5. The van der Waals surface area contributed by atoms with Gasteiger partial charge in [0.15, 0.2) is 11.2 Å². The molecule has 1 N–H and O–H groups in total. The Balaban J connectivity index is 1.43. The van der Waals surface area contributed by atoms with E-state index in [1.165, 1.54) is 11.8 Å². The van der Waals surface area contributed by atoms with Crippen molar-refractivity contribution in [3.8, 4) is 11.5 Å². The first-order valence-corrected chi connectivity index (χ1v) is 9.96. The lowest BCUT2D eigenvalue weighted by Crippen LogP contribution is -2.14. The van der Waals surface area contributed by atoms with Crippen LogP contribution in [-0.4, -0.2) is 21.6 Å². The SMILES string of the molecule is Cc1cc(-c2nc3ncccc3o2)ccc1NC(=O)CSc1ccc(Cl)cc1. The maximum absolute atomic E-state index is 12.3. The first-order valence-electron chi connectivity index (χ1n) is 8.59. The number of halogens is 1. The first-order chi connectivity index (χ1) is 13.6. The molecule has 4 rings (SSSR count). The van der Waals surface area contributed by atoms with Crippen molar-refractivity contribution in [3.63, 3.8) is 0 Å². The molecule has 1 amide bonds. The number of nitrogens with one attached hydrogen (secondary N) is 1. The number of anilines is 1. The average molecular weight is 410 g/mol. The monoisotopic (exact) mass is 409 g/mol. The number of carbonyl (C=O) groups is 1. The lowest BCUT2D eigenvalue weighted by molar-refractivity contribution is -0.113. The first kappa shape index (κ1) is 18.5. The molecular formula is C21H16ClN3O2S. The van der Waals surface area contributed by atoms with Crippen LogP contribution < -0.4 is 5.32 Å². The Bertz CT molecular complexity index is 1110. The highest BCUT2D eigenvalue weighted by atomic mass is 35.5. The van der Waals surface area contributed by atoms with E-state index in [0.29, 0.717) is 27.9 Å². The van der Waals surface area contributed by atoms with Crippen molar-refractivity contribution in [2.24, 2.45) is 0 Å². The Morgan fingerprint density at radius 3 is 2.75 bits per heavy atom. The van der Waals surface area contributed by atoms with Crippen LogP contribution >= 0.6 is 23.4 Å². The quantitative estimate of drug-likeness (QED) is 0.435. The number of oxazole rings is 1. The standard InChI is InChI=1S/C21H16ClN3O2S/c1-13-11-14(21-25-20-18(27-21)3-2-10-23-20)4-9-17(13)24-19(26)12-28-16-7-5-15(22)6-8-16/h2-11H,12H2,1H3,(H,24,26). The Labute approximate surface area is 171 Å². The Morgan fingerprint density at radius 1 is 1.18 bits per heavy atom. The van der Waals surface area contributed by atoms with Crippen LogP contribution in [0.4, 0.5) is 5.69 Å². The molecule has 5 nitrogen and oxygen atoms in total. The number of thioether (sulfide) groups is 1. The van der Waals surface area contributed by atoms with E-state index in [4.69, 9.17) is 16.0 Å². The third kappa shape index (κ3) is 4.18. The van der Waals surface area contributed by atoms with Crippen molar-refractivity contribution in [2.75, 3.05) is 11.1 Å². The zero-order chi connectivity index (χ0) is 19.5. The summed E-state index contributed by atoms with van der Waals surface area (Å²) < 4.78 is 5.75. The molecule has 0 aliphatic heterocycles. The van der Waals surface area contributed by atoms with Gasteiger partial charge in [0.1, 0.15) is 0 Å². The summed E-state index contributed by atoms with van der Waals surface area (Å²) in [6.45, 7) is 1.94. The van der Waals surface area contributed by atoms with Crippen LogP contribution in [0, 0.1) is 6.92 Å². The number of pyridine rings is 1. The summed E-state index contributed by atoms with van der Waals surface area (Å²) in [5.74, 6) is 0.759. The normalized spacial score (nSPS) is 10.9. The molecule has 2 aromatic carbocycles.